The van der Waals surface area contributed by atoms with Crippen LogP contribution >= 0.6 is 0 Å². The van der Waals surface area contributed by atoms with Crippen LogP contribution in [0.5, 0.6) is 0 Å². The molecule has 18 heavy (non-hydrogen) atoms. The van der Waals surface area contributed by atoms with Crippen LogP contribution in [0.2, 0.25) is 0 Å². The highest BCUT2D eigenvalue weighted by atomic mass is 32.2. The molecular formula is C14H19NO2S. The van der Waals surface area contributed by atoms with Crippen molar-refractivity contribution in [3.05, 3.63) is 29.3 Å². The standard InChI is InChI=1S/C14H19NO2S/c1-14(2)12(9-15-14)10-5-6-13-11(8-10)4-3-7-18(13,16)17/h5-6,8,12,15H,3-4,7,9H2,1-2H3. The Balaban J connectivity index is 2.02. The number of hydrogen-bond donors (Lipinski definition) is 1. The molecule has 1 N–H and O–H groups in total. The van der Waals surface area contributed by atoms with E-state index in [2.05, 4.69) is 25.2 Å². The largest absolute Gasteiger partial charge is 0.310 e. The SMILES string of the molecule is CC1(C)NCC1c1ccc2c(c1)CCCS2(=O)=O. The number of nitrogens with one attached hydrogen (secondary N) is 1. The molecule has 0 radical (unpaired) electrons. The molecule has 1 fully saturated rings. The Kier molecular flexibility index (Phi) is 2.58. The van der Waals surface area contributed by atoms with Gasteiger partial charge in [0, 0.05) is 18.0 Å². The van der Waals surface area contributed by atoms with Crippen molar-refractivity contribution in [1.29, 1.82) is 0 Å². The van der Waals surface area contributed by atoms with Crippen LogP contribution in [-0.2, 0) is 16.3 Å². The average molecular weight is 265 g/mol. The van der Waals surface area contributed by atoms with Crippen LogP contribution in [-0.4, -0.2) is 26.3 Å². The quantitative estimate of drug-likeness (QED) is 0.843. The molecule has 98 valence electrons. The Bertz CT molecular complexity index is 590. The molecule has 2 aliphatic heterocycles. The van der Waals surface area contributed by atoms with Crippen molar-refractivity contribution in [1.82, 2.24) is 5.32 Å². The van der Waals surface area contributed by atoms with E-state index in [1.807, 2.05) is 12.1 Å². The monoisotopic (exact) mass is 265 g/mol. The zero-order valence-electron chi connectivity index (χ0n) is 10.9. The van der Waals surface area contributed by atoms with Gasteiger partial charge < -0.3 is 5.32 Å². The third-order valence-corrected chi connectivity index (χ3v) is 6.21. The summed E-state index contributed by atoms with van der Waals surface area (Å²) in [5.74, 6) is 0.794. The molecule has 0 spiro atoms. The van der Waals surface area contributed by atoms with E-state index in [0.29, 0.717) is 16.6 Å². The lowest BCUT2D eigenvalue weighted by Crippen LogP contribution is -2.59. The molecule has 1 saturated heterocycles. The fraction of sp³-hybridized carbons (Fsp3) is 0.571. The highest BCUT2D eigenvalue weighted by molar-refractivity contribution is 7.91. The average Bonchev–Trinajstić information content (AvgIpc) is 2.27. The minimum Gasteiger partial charge on any atom is -0.310 e. The summed E-state index contributed by atoms with van der Waals surface area (Å²) in [5.41, 5.74) is 2.41. The summed E-state index contributed by atoms with van der Waals surface area (Å²) in [6.45, 7) is 5.37. The van der Waals surface area contributed by atoms with Crippen molar-refractivity contribution < 1.29 is 8.42 Å². The summed E-state index contributed by atoms with van der Waals surface area (Å²) < 4.78 is 23.9. The first-order valence-corrected chi connectivity index (χ1v) is 8.16. The van der Waals surface area contributed by atoms with E-state index in [1.54, 1.807) is 0 Å². The molecule has 1 aromatic carbocycles. The van der Waals surface area contributed by atoms with Crippen molar-refractivity contribution in [2.45, 2.75) is 43.0 Å². The first-order chi connectivity index (χ1) is 8.40. The van der Waals surface area contributed by atoms with E-state index in [-0.39, 0.29) is 5.54 Å². The van der Waals surface area contributed by atoms with Gasteiger partial charge in [-0.1, -0.05) is 12.1 Å². The number of aryl methyl sites for hydroxylation is 1. The number of fused-ring (bicyclic) bond motifs is 1. The molecule has 2 aliphatic rings. The van der Waals surface area contributed by atoms with Gasteiger partial charge in [-0.25, -0.2) is 8.42 Å². The molecule has 2 heterocycles. The molecule has 0 saturated carbocycles. The smallest absolute Gasteiger partial charge is 0.178 e. The van der Waals surface area contributed by atoms with Crippen LogP contribution in [0.1, 0.15) is 37.3 Å². The van der Waals surface area contributed by atoms with E-state index in [1.165, 1.54) is 5.56 Å². The maximum atomic E-state index is 12.0. The van der Waals surface area contributed by atoms with Gasteiger partial charge in [0.1, 0.15) is 0 Å². The van der Waals surface area contributed by atoms with Gasteiger partial charge in [0.05, 0.1) is 10.6 Å². The molecule has 0 aromatic heterocycles. The van der Waals surface area contributed by atoms with Crippen LogP contribution in [0.3, 0.4) is 0 Å². The van der Waals surface area contributed by atoms with E-state index in [9.17, 15) is 8.42 Å². The van der Waals surface area contributed by atoms with E-state index >= 15 is 0 Å². The molecule has 0 aliphatic carbocycles. The maximum absolute atomic E-state index is 12.0. The molecule has 3 rings (SSSR count). The van der Waals surface area contributed by atoms with E-state index in [0.717, 1.165) is 24.9 Å². The van der Waals surface area contributed by atoms with Crippen molar-refractivity contribution in [2.24, 2.45) is 0 Å². The predicted molar refractivity (Wildman–Crippen MR) is 71.6 cm³/mol. The van der Waals surface area contributed by atoms with Crippen LogP contribution in [0.15, 0.2) is 23.1 Å². The summed E-state index contributed by atoms with van der Waals surface area (Å²) in [5, 5.41) is 3.41. The molecule has 3 nitrogen and oxygen atoms in total. The van der Waals surface area contributed by atoms with Gasteiger partial charge >= 0.3 is 0 Å². The number of hydrogen-bond acceptors (Lipinski definition) is 3. The van der Waals surface area contributed by atoms with Crippen molar-refractivity contribution >= 4 is 9.84 Å². The number of benzene rings is 1. The Morgan fingerprint density at radius 3 is 2.72 bits per heavy atom. The first-order valence-electron chi connectivity index (χ1n) is 6.51. The van der Waals surface area contributed by atoms with Gasteiger partial charge in [-0.2, -0.15) is 0 Å². The fourth-order valence-corrected chi connectivity index (χ4v) is 4.60. The lowest BCUT2D eigenvalue weighted by molar-refractivity contribution is 0.208. The highest BCUT2D eigenvalue weighted by Crippen LogP contribution is 2.37. The first kappa shape index (κ1) is 12.2. The number of sulfone groups is 1. The molecule has 1 aromatic rings. The Morgan fingerprint density at radius 1 is 1.33 bits per heavy atom. The van der Waals surface area contributed by atoms with Crippen molar-refractivity contribution in [3.63, 3.8) is 0 Å². The maximum Gasteiger partial charge on any atom is 0.178 e. The van der Waals surface area contributed by atoms with Crippen LogP contribution in [0.4, 0.5) is 0 Å². The lowest BCUT2D eigenvalue weighted by Gasteiger charge is -2.46. The van der Waals surface area contributed by atoms with Gasteiger partial charge in [0.15, 0.2) is 9.84 Å². The second kappa shape index (κ2) is 3.81. The molecule has 1 unspecified atom stereocenters. The molecule has 1 atom stereocenters. The summed E-state index contributed by atoms with van der Waals surface area (Å²) in [6.07, 6.45) is 1.65. The third kappa shape index (κ3) is 1.79. The highest BCUT2D eigenvalue weighted by Gasteiger charge is 2.39. The fourth-order valence-electron chi connectivity index (χ4n) is 3.02. The lowest BCUT2D eigenvalue weighted by atomic mass is 9.75. The minimum absolute atomic E-state index is 0.127. The van der Waals surface area contributed by atoms with Gasteiger partial charge in [-0.15, -0.1) is 0 Å². The third-order valence-electron chi connectivity index (χ3n) is 4.31. The molecule has 0 amide bonds. The predicted octanol–water partition coefficient (Wildman–Crippen LogP) is 1.87. The van der Waals surface area contributed by atoms with Gasteiger partial charge in [-0.05, 0) is 43.9 Å². The van der Waals surface area contributed by atoms with Crippen molar-refractivity contribution in [3.8, 4) is 0 Å². The topological polar surface area (TPSA) is 46.2 Å². The van der Waals surface area contributed by atoms with Gasteiger partial charge in [-0.3, -0.25) is 0 Å². The van der Waals surface area contributed by atoms with Gasteiger partial charge in [0.25, 0.3) is 0 Å². The summed E-state index contributed by atoms with van der Waals surface area (Å²) >= 11 is 0. The molecule has 0 bridgehead atoms. The Morgan fingerprint density at radius 2 is 2.11 bits per heavy atom. The zero-order valence-corrected chi connectivity index (χ0v) is 11.7. The minimum atomic E-state index is -3.02. The van der Waals surface area contributed by atoms with E-state index in [4.69, 9.17) is 0 Å². The Labute approximate surface area is 109 Å². The van der Waals surface area contributed by atoms with Crippen molar-refractivity contribution in [2.75, 3.05) is 12.3 Å². The second-order valence-corrected chi connectivity index (χ2v) is 8.02. The zero-order chi connectivity index (χ0) is 13.0. The second-order valence-electron chi connectivity index (χ2n) is 5.94. The molecule has 4 heteroatoms. The number of rotatable bonds is 1. The van der Waals surface area contributed by atoms with Crippen LogP contribution < -0.4 is 5.32 Å². The summed E-state index contributed by atoms with van der Waals surface area (Å²) in [7, 11) is -3.02. The summed E-state index contributed by atoms with van der Waals surface area (Å²) in [6, 6.07) is 5.92. The normalized spacial score (nSPS) is 28.2. The van der Waals surface area contributed by atoms with Crippen LogP contribution in [0.25, 0.3) is 0 Å². The summed E-state index contributed by atoms with van der Waals surface area (Å²) in [4.78, 5) is 0.558. The van der Waals surface area contributed by atoms with Crippen LogP contribution in [0, 0.1) is 0 Å². The molecular weight excluding hydrogens is 246 g/mol. The Hall–Kier alpha value is -0.870. The van der Waals surface area contributed by atoms with E-state index < -0.39 is 9.84 Å². The van der Waals surface area contributed by atoms with Gasteiger partial charge in [0.2, 0.25) is 0 Å².